The molecule has 1 amide bonds. The van der Waals surface area contributed by atoms with Gasteiger partial charge in [-0.1, -0.05) is 18.2 Å². The Morgan fingerprint density at radius 1 is 1.22 bits per heavy atom. The number of likely N-dealkylation sites (N-methyl/N-ethyl adjacent to an activating group) is 1. The fourth-order valence-electron chi connectivity index (χ4n) is 2.18. The van der Waals surface area contributed by atoms with Crippen molar-refractivity contribution in [1.82, 2.24) is 5.32 Å². The van der Waals surface area contributed by atoms with Gasteiger partial charge in [0.15, 0.2) is 6.61 Å². The SMILES string of the molecule is CCNC(=O)COc1cccc(NC(C)c2cccc(F)c2)c1. The Labute approximate surface area is 135 Å². The Morgan fingerprint density at radius 3 is 2.74 bits per heavy atom. The second-order valence-electron chi connectivity index (χ2n) is 5.19. The first-order valence-electron chi connectivity index (χ1n) is 7.60. The molecule has 0 fully saturated rings. The molecule has 0 aliphatic carbocycles. The van der Waals surface area contributed by atoms with Crippen LogP contribution < -0.4 is 15.4 Å². The van der Waals surface area contributed by atoms with Gasteiger partial charge in [-0.05, 0) is 43.7 Å². The molecule has 0 aliphatic heterocycles. The van der Waals surface area contributed by atoms with E-state index in [1.165, 1.54) is 12.1 Å². The van der Waals surface area contributed by atoms with Crippen molar-refractivity contribution in [2.75, 3.05) is 18.5 Å². The summed E-state index contributed by atoms with van der Waals surface area (Å²) < 4.78 is 18.7. The standard InChI is InChI=1S/C18H21FN2O2/c1-3-20-18(22)12-23-17-9-5-8-16(11-17)21-13(2)14-6-4-7-15(19)10-14/h4-11,13,21H,3,12H2,1-2H3,(H,20,22). The molecule has 2 N–H and O–H groups in total. The average molecular weight is 316 g/mol. The minimum absolute atomic E-state index is 0.0171. The van der Waals surface area contributed by atoms with E-state index < -0.39 is 0 Å². The molecule has 5 heteroatoms. The van der Waals surface area contributed by atoms with Gasteiger partial charge in [0.2, 0.25) is 0 Å². The number of hydrogen-bond acceptors (Lipinski definition) is 3. The van der Waals surface area contributed by atoms with E-state index in [0.29, 0.717) is 12.3 Å². The van der Waals surface area contributed by atoms with Crippen LogP contribution in [-0.2, 0) is 4.79 Å². The zero-order chi connectivity index (χ0) is 16.7. The van der Waals surface area contributed by atoms with Gasteiger partial charge in [-0.15, -0.1) is 0 Å². The van der Waals surface area contributed by atoms with Crippen LogP contribution >= 0.6 is 0 Å². The third-order valence-electron chi connectivity index (χ3n) is 3.31. The number of benzene rings is 2. The fourth-order valence-corrected chi connectivity index (χ4v) is 2.18. The molecule has 0 aromatic heterocycles. The second kappa shape index (κ2) is 8.17. The van der Waals surface area contributed by atoms with E-state index in [9.17, 15) is 9.18 Å². The number of halogens is 1. The van der Waals surface area contributed by atoms with Gasteiger partial charge >= 0.3 is 0 Å². The molecule has 0 heterocycles. The zero-order valence-electron chi connectivity index (χ0n) is 13.3. The van der Waals surface area contributed by atoms with Crippen LogP contribution in [-0.4, -0.2) is 19.1 Å². The molecule has 1 unspecified atom stereocenters. The fraction of sp³-hybridized carbons (Fsp3) is 0.278. The van der Waals surface area contributed by atoms with E-state index in [1.807, 2.05) is 38.1 Å². The van der Waals surface area contributed by atoms with Crippen LogP contribution in [0.3, 0.4) is 0 Å². The summed E-state index contributed by atoms with van der Waals surface area (Å²) in [7, 11) is 0. The third kappa shape index (κ3) is 5.29. The van der Waals surface area contributed by atoms with Crippen LogP contribution in [0.5, 0.6) is 5.75 Å². The van der Waals surface area contributed by atoms with Crippen molar-refractivity contribution >= 4 is 11.6 Å². The largest absolute Gasteiger partial charge is 0.484 e. The van der Waals surface area contributed by atoms with E-state index in [-0.39, 0.29) is 24.4 Å². The lowest BCUT2D eigenvalue weighted by atomic mass is 10.1. The van der Waals surface area contributed by atoms with Gasteiger partial charge in [-0.2, -0.15) is 0 Å². The first-order valence-corrected chi connectivity index (χ1v) is 7.60. The Hall–Kier alpha value is -2.56. The van der Waals surface area contributed by atoms with Gasteiger partial charge in [-0.3, -0.25) is 4.79 Å². The molecule has 1 atom stereocenters. The summed E-state index contributed by atoms with van der Waals surface area (Å²) in [6.45, 7) is 4.37. The normalized spacial score (nSPS) is 11.6. The maximum Gasteiger partial charge on any atom is 0.257 e. The Kier molecular flexibility index (Phi) is 5.97. The van der Waals surface area contributed by atoms with Crippen LogP contribution in [0.25, 0.3) is 0 Å². The number of carbonyl (C=O) groups is 1. The van der Waals surface area contributed by atoms with Crippen LogP contribution in [0.15, 0.2) is 48.5 Å². The Bertz CT molecular complexity index is 661. The molecule has 0 bridgehead atoms. The van der Waals surface area contributed by atoms with Crippen molar-refractivity contribution < 1.29 is 13.9 Å². The maximum absolute atomic E-state index is 13.3. The summed E-state index contributed by atoms with van der Waals surface area (Å²) in [5.74, 6) is 0.196. The van der Waals surface area contributed by atoms with Crippen molar-refractivity contribution in [1.29, 1.82) is 0 Å². The van der Waals surface area contributed by atoms with Gasteiger partial charge in [0.1, 0.15) is 11.6 Å². The predicted octanol–water partition coefficient (Wildman–Crippen LogP) is 3.51. The Balaban J connectivity index is 1.98. The van der Waals surface area contributed by atoms with E-state index in [2.05, 4.69) is 10.6 Å². The number of carbonyl (C=O) groups excluding carboxylic acids is 1. The van der Waals surface area contributed by atoms with Crippen molar-refractivity contribution in [2.45, 2.75) is 19.9 Å². The lowest BCUT2D eigenvalue weighted by molar-refractivity contribution is -0.122. The molecule has 122 valence electrons. The number of amides is 1. The van der Waals surface area contributed by atoms with Crippen LogP contribution in [0, 0.1) is 5.82 Å². The van der Waals surface area contributed by atoms with Gasteiger partial charge in [0.05, 0.1) is 0 Å². The van der Waals surface area contributed by atoms with E-state index in [0.717, 1.165) is 11.3 Å². The third-order valence-corrected chi connectivity index (χ3v) is 3.31. The highest BCUT2D eigenvalue weighted by molar-refractivity contribution is 5.77. The molecule has 0 radical (unpaired) electrons. The van der Waals surface area contributed by atoms with Crippen LogP contribution in [0.4, 0.5) is 10.1 Å². The van der Waals surface area contributed by atoms with E-state index in [4.69, 9.17) is 4.74 Å². The van der Waals surface area contributed by atoms with Gasteiger partial charge < -0.3 is 15.4 Å². The van der Waals surface area contributed by atoms with Crippen LogP contribution in [0.2, 0.25) is 0 Å². The lowest BCUT2D eigenvalue weighted by Crippen LogP contribution is -2.28. The molecule has 23 heavy (non-hydrogen) atoms. The summed E-state index contributed by atoms with van der Waals surface area (Å²) in [6, 6.07) is 13.8. The molecule has 0 saturated heterocycles. The van der Waals surface area contributed by atoms with Crippen LogP contribution in [0.1, 0.15) is 25.5 Å². The van der Waals surface area contributed by atoms with Crippen molar-refractivity contribution in [3.8, 4) is 5.75 Å². The van der Waals surface area contributed by atoms with Crippen molar-refractivity contribution in [2.24, 2.45) is 0 Å². The quantitative estimate of drug-likeness (QED) is 0.822. The number of hydrogen-bond donors (Lipinski definition) is 2. The lowest BCUT2D eigenvalue weighted by Gasteiger charge is -2.16. The summed E-state index contributed by atoms with van der Waals surface area (Å²) in [4.78, 5) is 11.4. The molecular formula is C18H21FN2O2. The first kappa shape index (κ1) is 16.8. The minimum atomic E-state index is -0.254. The van der Waals surface area contributed by atoms with E-state index >= 15 is 0 Å². The van der Waals surface area contributed by atoms with Crippen molar-refractivity contribution in [3.05, 3.63) is 59.9 Å². The number of anilines is 1. The summed E-state index contributed by atoms with van der Waals surface area (Å²) in [5, 5.41) is 5.97. The molecular weight excluding hydrogens is 295 g/mol. The monoisotopic (exact) mass is 316 g/mol. The second-order valence-corrected chi connectivity index (χ2v) is 5.19. The molecule has 4 nitrogen and oxygen atoms in total. The molecule has 2 aromatic rings. The number of nitrogens with one attached hydrogen (secondary N) is 2. The number of rotatable bonds is 7. The molecule has 2 rings (SSSR count). The zero-order valence-corrected chi connectivity index (χ0v) is 13.3. The molecule has 0 aliphatic rings. The Morgan fingerprint density at radius 2 is 2.00 bits per heavy atom. The average Bonchev–Trinajstić information content (AvgIpc) is 2.53. The highest BCUT2D eigenvalue weighted by atomic mass is 19.1. The summed E-state index contributed by atoms with van der Waals surface area (Å²) >= 11 is 0. The summed E-state index contributed by atoms with van der Waals surface area (Å²) in [5.41, 5.74) is 1.70. The smallest absolute Gasteiger partial charge is 0.257 e. The highest BCUT2D eigenvalue weighted by Crippen LogP contribution is 2.23. The first-order chi connectivity index (χ1) is 11.1. The summed E-state index contributed by atoms with van der Waals surface area (Å²) in [6.07, 6.45) is 0. The molecule has 0 spiro atoms. The topological polar surface area (TPSA) is 50.4 Å². The van der Waals surface area contributed by atoms with Crippen molar-refractivity contribution in [3.63, 3.8) is 0 Å². The minimum Gasteiger partial charge on any atom is -0.484 e. The maximum atomic E-state index is 13.3. The molecule has 2 aromatic carbocycles. The van der Waals surface area contributed by atoms with E-state index in [1.54, 1.807) is 12.1 Å². The van der Waals surface area contributed by atoms with Gasteiger partial charge in [0.25, 0.3) is 5.91 Å². The predicted molar refractivity (Wildman–Crippen MR) is 89.1 cm³/mol. The van der Waals surface area contributed by atoms with Gasteiger partial charge in [0, 0.05) is 24.3 Å². The highest BCUT2D eigenvalue weighted by Gasteiger charge is 2.07. The van der Waals surface area contributed by atoms with Gasteiger partial charge in [-0.25, -0.2) is 4.39 Å². The number of ether oxygens (including phenoxy) is 1. The molecule has 0 saturated carbocycles.